The summed E-state index contributed by atoms with van der Waals surface area (Å²) in [5, 5.41) is 20.1. The maximum atomic E-state index is 11.0. The second-order valence-corrected chi connectivity index (χ2v) is 4.24. The van der Waals surface area contributed by atoms with Crippen molar-refractivity contribution >= 4 is 11.7 Å². The van der Waals surface area contributed by atoms with Gasteiger partial charge in [-0.25, -0.2) is 9.78 Å². The van der Waals surface area contributed by atoms with Crippen LogP contribution < -0.4 is 0 Å². The van der Waals surface area contributed by atoms with E-state index < -0.39 is 5.97 Å². The van der Waals surface area contributed by atoms with Crippen molar-refractivity contribution < 1.29 is 9.90 Å². The van der Waals surface area contributed by atoms with Crippen LogP contribution in [0.15, 0.2) is 6.07 Å². The monoisotopic (exact) mass is 233 g/mol. The Balaban J connectivity index is 2.19. The normalized spacial score (nSPS) is 16.7. The Morgan fingerprint density at radius 2 is 2.18 bits per heavy atom. The minimum atomic E-state index is -1.05. The average molecular weight is 233 g/mol. The Labute approximate surface area is 96.5 Å². The van der Waals surface area contributed by atoms with Gasteiger partial charge in [0.25, 0.3) is 5.78 Å². The highest BCUT2D eigenvalue weighted by Gasteiger charge is 2.23. The third kappa shape index (κ3) is 1.63. The molecule has 0 atom stereocenters. The van der Waals surface area contributed by atoms with Crippen molar-refractivity contribution in [3.05, 3.63) is 17.5 Å². The van der Waals surface area contributed by atoms with Gasteiger partial charge < -0.3 is 5.11 Å². The van der Waals surface area contributed by atoms with Crippen molar-refractivity contribution in [1.29, 1.82) is 0 Å². The van der Waals surface area contributed by atoms with Gasteiger partial charge >= 0.3 is 5.97 Å². The molecule has 3 rings (SSSR count). The number of carbonyl (C=O) groups is 1. The molecular weight excluding hydrogens is 222 g/mol. The molecule has 1 N–H and O–H groups in total. The first-order valence-corrected chi connectivity index (χ1v) is 5.58. The Morgan fingerprint density at radius 3 is 2.88 bits per heavy atom. The van der Waals surface area contributed by atoms with Crippen molar-refractivity contribution in [2.45, 2.75) is 31.6 Å². The minimum Gasteiger partial charge on any atom is -0.477 e. The Bertz CT molecular complexity index is 573. The van der Waals surface area contributed by atoms with Crippen molar-refractivity contribution in [2.75, 3.05) is 0 Å². The molecule has 2 aromatic heterocycles. The van der Waals surface area contributed by atoms with E-state index in [1.807, 2.05) is 0 Å². The summed E-state index contributed by atoms with van der Waals surface area (Å²) < 4.78 is 1.54. The molecule has 2 aromatic rings. The van der Waals surface area contributed by atoms with Crippen LogP contribution in [0.2, 0.25) is 0 Å². The largest absolute Gasteiger partial charge is 0.477 e. The lowest BCUT2D eigenvalue weighted by Gasteiger charge is -2.10. The number of fused-ring (bicyclic) bond motifs is 1. The van der Waals surface area contributed by atoms with E-state index in [1.165, 1.54) is 12.8 Å². The highest BCUT2D eigenvalue weighted by Crippen LogP contribution is 2.33. The summed E-state index contributed by atoms with van der Waals surface area (Å²) in [7, 11) is 0. The van der Waals surface area contributed by atoms with Crippen molar-refractivity contribution in [2.24, 2.45) is 0 Å². The summed E-state index contributed by atoms with van der Waals surface area (Å²) in [6.07, 6.45) is 4.44. The van der Waals surface area contributed by atoms with Crippen LogP contribution in [0, 0.1) is 0 Å². The second kappa shape index (κ2) is 3.76. The molecular formula is C10H11N5O2. The van der Waals surface area contributed by atoms with Crippen LogP contribution in [-0.2, 0) is 0 Å². The summed E-state index contributed by atoms with van der Waals surface area (Å²) in [6.45, 7) is 0. The predicted molar refractivity (Wildman–Crippen MR) is 56.7 cm³/mol. The third-order valence-corrected chi connectivity index (χ3v) is 3.20. The lowest BCUT2D eigenvalue weighted by atomic mass is 10.0. The molecule has 1 aliphatic carbocycles. The van der Waals surface area contributed by atoms with Gasteiger partial charge in [0.05, 0.1) is 5.69 Å². The zero-order valence-corrected chi connectivity index (χ0v) is 9.07. The summed E-state index contributed by atoms with van der Waals surface area (Å²) in [5.74, 6) is -0.455. The lowest BCUT2D eigenvalue weighted by molar-refractivity contribution is 0.0690. The first-order valence-electron chi connectivity index (χ1n) is 5.58. The molecule has 0 amide bonds. The van der Waals surface area contributed by atoms with Crippen LogP contribution >= 0.6 is 0 Å². The molecule has 1 saturated carbocycles. The Kier molecular flexibility index (Phi) is 2.24. The molecule has 2 heterocycles. The number of aromatic carboxylic acids is 1. The molecule has 88 valence electrons. The highest BCUT2D eigenvalue weighted by molar-refractivity contribution is 5.85. The van der Waals surface area contributed by atoms with Gasteiger partial charge in [-0.2, -0.15) is 4.52 Å². The molecule has 17 heavy (non-hydrogen) atoms. The number of carboxylic acids is 1. The number of carboxylic acid groups (broad SMARTS) is 1. The van der Waals surface area contributed by atoms with Gasteiger partial charge in [-0.05, 0) is 29.3 Å². The van der Waals surface area contributed by atoms with Crippen LogP contribution in [0.25, 0.3) is 5.78 Å². The van der Waals surface area contributed by atoms with E-state index in [-0.39, 0.29) is 11.5 Å². The highest BCUT2D eigenvalue weighted by atomic mass is 16.4. The fourth-order valence-electron chi connectivity index (χ4n) is 2.38. The van der Waals surface area contributed by atoms with Gasteiger partial charge in [0.2, 0.25) is 0 Å². The molecule has 0 saturated heterocycles. The standard InChI is InChI=1S/C10H11N5O2/c16-9(17)7-5-8(6-3-1-2-4-6)15-10(11-7)12-13-14-15/h5-6H,1-4H2,(H,16,17). The van der Waals surface area contributed by atoms with E-state index in [0.29, 0.717) is 5.92 Å². The number of tetrazole rings is 1. The molecule has 0 radical (unpaired) electrons. The summed E-state index contributed by atoms with van der Waals surface area (Å²) in [4.78, 5) is 14.9. The van der Waals surface area contributed by atoms with Crippen LogP contribution in [0.1, 0.15) is 47.8 Å². The molecule has 1 fully saturated rings. The van der Waals surface area contributed by atoms with E-state index in [2.05, 4.69) is 20.5 Å². The topological polar surface area (TPSA) is 93.3 Å². The van der Waals surface area contributed by atoms with Gasteiger partial charge in [-0.15, -0.1) is 0 Å². The fourth-order valence-corrected chi connectivity index (χ4v) is 2.38. The van der Waals surface area contributed by atoms with Gasteiger partial charge in [0.15, 0.2) is 5.69 Å². The Morgan fingerprint density at radius 1 is 1.41 bits per heavy atom. The molecule has 0 aliphatic heterocycles. The minimum absolute atomic E-state index is 0.00852. The van der Waals surface area contributed by atoms with Crippen LogP contribution in [0.4, 0.5) is 0 Å². The van der Waals surface area contributed by atoms with E-state index in [0.717, 1.165) is 18.5 Å². The zero-order chi connectivity index (χ0) is 11.8. The van der Waals surface area contributed by atoms with Crippen molar-refractivity contribution in [3.8, 4) is 0 Å². The van der Waals surface area contributed by atoms with Crippen LogP contribution in [-0.4, -0.2) is 36.1 Å². The number of hydrogen-bond acceptors (Lipinski definition) is 5. The number of hydrogen-bond donors (Lipinski definition) is 1. The number of nitrogens with zero attached hydrogens (tertiary/aromatic N) is 5. The van der Waals surface area contributed by atoms with Crippen LogP contribution in [0.3, 0.4) is 0 Å². The van der Waals surface area contributed by atoms with Crippen molar-refractivity contribution in [1.82, 2.24) is 25.0 Å². The van der Waals surface area contributed by atoms with E-state index in [9.17, 15) is 4.79 Å². The lowest BCUT2D eigenvalue weighted by Crippen LogP contribution is -2.10. The average Bonchev–Trinajstić information content (AvgIpc) is 2.98. The van der Waals surface area contributed by atoms with E-state index in [4.69, 9.17) is 5.11 Å². The van der Waals surface area contributed by atoms with Gasteiger partial charge in [-0.1, -0.05) is 17.9 Å². The van der Waals surface area contributed by atoms with Crippen molar-refractivity contribution in [3.63, 3.8) is 0 Å². The SMILES string of the molecule is O=C(O)c1cc(C2CCCC2)n2nnnc2n1. The molecule has 0 unspecified atom stereocenters. The van der Waals surface area contributed by atoms with Gasteiger partial charge in [-0.3, -0.25) is 0 Å². The fraction of sp³-hybridized carbons (Fsp3) is 0.500. The number of rotatable bonds is 2. The molecule has 0 aromatic carbocycles. The maximum Gasteiger partial charge on any atom is 0.354 e. The second-order valence-electron chi connectivity index (χ2n) is 4.24. The summed E-state index contributed by atoms with van der Waals surface area (Å²) in [5.41, 5.74) is 0.865. The van der Waals surface area contributed by atoms with Crippen LogP contribution in [0.5, 0.6) is 0 Å². The van der Waals surface area contributed by atoms with Gasteiger partial charge in [0.1, 0.15) is 0 Å². The third-order valence-electron chi connectivity index (χ3n) is 3.20. The molecule has 1 aliphatic rings. The summed E-state index contributed by atoms with van der Waals surface area (Å²) >= 11 is 0. The summed E-state index contributed by atoms with van der Waals surface area (Å²) in [6, 6.07) is 1.58. The quantitative estimate of drug-likeness (QED) is 0.827. The Hall–Kier alpha value is -2.05. The first-order chi connectivity index (χ1) is 8.25. The van der Waals surface area contributed by atoms with E-state index in [1.54, 1.807) is 10.6 Å². The molecule has 7 heteroatoms. The van der Waals surface area contributed by atoms with E-state index >= 15 is 0 Å². The zero-order valence-electron chi connectivity index (χ0n) is 9.07. The molecule has 0 bridgehead atoms. The van der Waals surface area contributed by atoms with Gasteiger partial charge in [0, 0.05) is 5.92 Å². The number of aromatic nitrogens is 5. The first kappa shape index (κ1) is 10.1. The molecule has 0 spiro atoms. The predicted octanol–water partition coefficient (Wildman–Crippen LogP) is 0.875. The smallest absolute Gasteiger partial charge is 0.354 e. The molecule has 7 nitrogen and oxygen atoms in total. The maximum absolute atomic E-state index is 11.0.